The van der Waals surface area contributed by atoms with Crippen molar-refractivity contribution in [1.82, 2.24) is 14.7 Å². The highest BCUT2D eigenvalue weighted by molar-refractivity contribution is 5.93. The summed E-state index contributed by atoms with van der Waals surface area (Å²) >= 11 is 0. The quantitative estimate of drug-likeness (QED) is 0.815. The van der Waals surface area contributed by atoms with Crippen LogP contribution in [0.4, 0.5) is 0 Å². The lowest BCUT2D eigenvalue weighted by Crippen LogP contribution is -2.50. The Kier molecular flexibility index (Phi) is 6.18. The van der Waals surface area contributed by atoms with Gasteiger partial charge < -0.3 is 20.1 Å². The van der Waals surface area contributed by atoms with Crippen molar-refractivity contribution in [3.8, 4) is 0 Å². The maximum atomic E-state index is 13.1. The monoisotopic (exact) mass is 352 g/mol. The molecule has 0 unspecified atom stereocenters. The van der Waals surface area contributed by atoms with Crippen molar-refractivity contribution in [3.63, 3.8) is 0 Å². The largest absolute Gasteiger partial charge is 0.377 e. The highest BCUT2D eigenvalue weighted by atomic mass is 16.5. The van der Waals surface area contributed by atoms with Crippen LogP contribution in [0.2, 0.25) is 0 Å². The van der Waals surface area contributed by atoms with E-state index in [0.717, 1.165) is 5.69 Å². The van der Waals surface area contributed by atoms with Gasteiger partial charge in [0.1, 0.15) is 11.3 Å². The molecule has 8 heteroatoms. The topological polar surface area (TPSA) is 99.7 Å². The summed E-state index contributed by atoms with van der Waals surface area (Å²) < 4.78 is 12.8. The van der Waals surface area contributed by atoms with Crippen LogP contribution in [0.15, 0.2) is 6.07 Å². The second-order valence-corrected chi connectivity index (χ2v) is 6.73. The molecule has 2 rings (SSSR count). The molecule has 1 aromatic heterocycles. The van der Waals surface area contributed by atoms with E-state index in [4.69, 9.17) is 15.2 Å². The van der Waals surface area contributed by atoms with E-state index < -0.39 is 11.5 Å². The van der Waals surface area contributed by atoms with Crippen LogP contribution in [0.5, 0.6) is 0 Å². The van der Waals surface area contributed by atoms with Gasteiger partial charge in [-0.1, -0.05) is 13.8 Å². The van der Waals surface area contributed by atoms with Crippen LogP contribution in [0.1, 0.15) is 49.3 Å². The van der Waals surface area contributed by atoms with E-state index in [9.17, 15) is 9.59 Å². The number of ether oxygens (including phenoxy) is 2. The number of hydrogen-bond donors (Lipinski definition) is 1. The minimum atomic E-state index is -0.921. The van der Waals surface area contributed by atoms with Crippen molar-refractivity contribution in [2.45, 2.75) is 45.3 Å². The van der Waals surface area contributed by atoms with E-state index in [1.165, 1.54) is 7.11 Å². The van der Waals surface area contributed by atoms with Crippen molar-refractivity contribution >= 4 is 11.8 Å². The maximum Gasteiger partial charge on any atom is 0.272 e. The first-order valence-electron chi connectivity index (χ1n) is 8.60. The smallest absolute Gasteiger partial charge is 0.272 e. The van der Waals surface area contributed by atoms with Gasteiger partial charge in [-0.25, -0.2) is 0 Å². The summed E-state index contributed by atoms with van der Waals surface area (Å²) in [6, 6.07) is 1.84. The zero-order valence-electron chi connectivity index (χ0n) is 15.4. The van der Waals surface area contributed by atoms with E-state index in [2.05, 4.69) is 5.10 Å². The SMILES string of the molecule is CCn1nc(C(C)C)cc1C(=O)N1CCOC[C@](CC(N)=O)(OC)C1. The molecular weight excluding hydrogens is 324 g/mol. The molecule has 1 atom stereocenters. The van der Waals surface area contributed by atoms with E-state index >= 15 is 0 Å². The van der Waals surface area contributed by atoms with Crippen LogP contribution < -0.4 is 5.73 Å². The average molecular weight is 352 g/mol. The first-order valence-corrected chi connectivity index (χ1v) is 8.60. The molecular formula is C17H28N4O4. The molecule has 0 spiro atoms. The molecule has 1 aliphatic heterocycles. The van der Waals surface area contributed by atoms with E-state index in [1.54, 1.807) is 9.58 Å². The molecule has 2 amide bonds. The van der Waals surface area contributed by atoms with Crippen molar-refractivity contribution in [1.29, 1.82) is 0 Å². The van der Waals surface area contributed by atoms with Crippen molar-refractivity contribution in [2.75, 3.05) is 33.4 Å². The van der Waals surface area contributed by atoms with Crippen LogP contribution in [0.25, 0.3) is 0 Å². The van der Waals surface area contributed by atoms with E-state index in [0.29, 0.717) is 25.4 Å². The third-order valence-corrected chi connectivity index (χ3v) is 4.48. The lowest BCUT2D eigenvalue weighted by molar-refractivity contribution is -0.129. The number of amides is 2. The molecule has 1 saturated heterocycles. The number of carbonyl (C=O) groups excluding carboxylic acids is 2. The standard InChI is InChI=1S/C17H28N4O4/c1-5-21-14(8-13(19-21)12(2)3)16(23)20-6-7-25-11-17(10-20,24-4)9-15(18)22/h8,12H,5-7,9-11H2,1-4H3,(H2,18,22)/t17-/m1/s1. The number of aromatic nitrogens is 2. The number of primary amides is 1. The van der Waals surface area contributed by atoms with Crippen LogP contribution in [-0.2, 0) is 20.8 Å². The first kappa shape index (κ1) is 19.4. The molecule has 1 aromatic rings. The number of aryl methyl sites for hydroxylation is 1. The molecule has 0 saturated carbocycles. The second-order valence-electron chi connectivity index (χ2n) is 6.73. The number of nitrogens with two attached hydrogens (primary N) is 1. The van der Waals surface area contributed by atoms with Crippen molar-refractivity contribution in [3.05, 3.63) is 17.5 Å². The Balaban J connectivity index is 2.29. The van der Waals surface area contributed by atoms with E-state index in [1.807, 2.05) is 26.8 Å². The van der Waals surface area contributed by atoms with Gasteiger partial charge in [0.2, 0.25) is 5.91 Å². The van der Waals surface area contributed by atoms with Crippen LogP contribution in [0, 0.1) is 0 Å². The van der Waals surface area contributed by atoms with Crippen molar-refractivity contribution in [2.24, 2.45) is 5.73 Å². The molecule has 8 nitrogen and oxygen atoms in total. The molecule has 0 bridgehead atoms. The predicted molar refractivity (Wildman–Crippen MR) is 92.3 cm³/mol. The van der Waals surface area contributed by atoms with Gasteiger partial charge in [-0.2, -0.15) is 5.10 Å². The van der Waals surface area contributed by atoms with Gasteiger partial charge in [-0.05, 0) is 18.9 Å². The summed E-state index contributed by atoms with van der Waals surface area (Å²) in [7, 11) is 1.51. The van der Waals surface area contributed by atoms with Gasteiger partial charge in [0.25, 0.3) is 5.91 Å². The fourth-order valence-electron chi connectivity index (χ4n) is 2.99. The first-order chi connectivity index (χ1) is 11.8. The number of rotatable bonds is 6. The third-order valence-electron chi connectivity index (χ3n) is 4.48. The highest BCUT2D eigenvalue weighted by Gasteiger charge is 2.39. The Morgan fingerprint density at radius 2 is 2.20 bits per heavy atom. The summed E-state index contributed by atoms with van der Waals surface area (Å²) in [6.45, 7) is 7.92. The molecule has 2 heterocycles. The molecule has 0 aliphatic carbocycles. The Labute approximate surface area is 148 Å². The minimum Gasteiger partial charge on any atom is -0.377 e. The molecule has 1 fully saturated rings. The Hall–Kier alpha value is -1.93. The molecule has 0 radical (unpaired) electrons. The highest BCUT2D eigenvalue weighted by Crippen LogP contribution is 2.23. The molecule has 25 heavy (non-hydrogen) atoms. The van der Waals surface area contributed by atoms with Gasteiger partial charge in [-0.15, -0.1) is 0 Å². The number of carbonyl (C=O) groups is 2. The third kappa shape index (κ3) is 4.38. The van der Waals surface area contributed by atoms with Crippen LogP contribution in [0.3, 0.4) is 0 Å². The fraction of sp³-hybridized carbons (Fsp3) is 0.706. The molecule has 0 aromatic carbocycles. The minimum absolute atomic E-state index is 0.00242. The summed E-state index contributed by atoms with van der Waals surface area (Å²) in [6.07, 6.45) is -0.00242. The lowest BCUT2D eigenvalue weighted by atomic mass is 9.99. The number of methoxy groups -OCH3 is 1. The van der Waals surface area contributed by atoms with Gasteiger partial charge in [0.05, 0.1) is 31.9 Å². The second kappa shape index (κ2) is 7.97. The van der Waals surface area contributed by atoms with Crippen LogP contribution in [-0.4, -0.2) is 65.5 Å². The molecule has 2 N–H and O–H groups in total. The lowest BCUT2D eigenvalue weighted by Gasteiger charge is -2.33. The summed E-state index contributed by atoms with van der Waals surface area (Å²) in [4.78, 5) is 26.2. The maximum absolute atomic E-state index is 13.1. The van der Waals surface area contributed by atoms with Crippen LogP contribution >= 0.6 is 0 Å². The zero-order chi connectivity index (χ0) is 18.6. The number of hydrogen-bond acceptors (Lipinski definition) is 5. The van der Waals surface area contributed by atoms with Gasteiger partial charge in [0.15, 0.2) is 0 Å². The number of nitrogens with zero attached hydrogens (tertiary/aromatic N) is 3. The average Bonchev–Trinajstić information content (AvgIpc) is 2.90. The Bertz CT molecular complexity index is 628. The Morgan fingerprint density at radius 1 is 1.48 bits per heavy atom. The van der Waals surface area contributed by atoms with Gasteiger partial charge in [-0.3, -0.25) is 14.3 Å². The molecule has 140 valence electrons. The van der Waals surface area contributed by atoms with Crippen molar-refractivity contribution < 1.29 is 19.1 Å². The predicted octanol–water partition coefficient (Wildman–Crippen LogP) is 0.759. The van der Waals surface area contributed by atoms with E-state index in [-0.39, 0.29) is 31.4 Å². The Morgan fingerprint density at radius 3 is 2.76 bits per heavy atom. The fourth-order valence-corrected chi connectivity index (χ4v) is 2.99. The normalized spacial score (nSPS) is 21.4. The summed E-state index contributed by atoms with van der Waals surface area (Å²) in [5.41, 5.74) is 5.86. The van der Waals surface area contributed by atoms with Gasteiger partial charge >= 0.3 is 0 Å². The zero-order valence-corrected chi connectivity index (χ0v) is 15.4. The van der Waals surface area contributed by atoms with Gasteiger partial charge in [0, 0.05) is 20.2 Å². The molecule has 1 aliphatic rings. The summed E-state index contributed by atoms with van der Waals surface area (Å²) in [5, 5.41) is 4.50. The summed E-state index contributed by atoms with van der Waals surface area (Å²) in [5.74, 6) is -0.391.